The highest BCUT2D eigenvalue weighted by Crippen LogP contribution is 2.23. The Hall–Kier alpha value is -1.20. The lowest BCUT2D eigenvalue weighted by molar-refractivity contribution is 0.0176. The maximum atomic E-state index is 13.2. The van der Waals surface area contributed by atoms with Crippen LogP contribution >= 0.6 is 0 Å². The molecule has 0 atom stereocenters. The van der Waals surface area contributed by atoms with Crippen molar-refractivity contribution in [1.82, 2.24) is 0 Å². The predicted molar refractivity (Wildman–Crippen MR) is 51.4 cm³/mol. The minimum atomic E-state index is -0.768. The van der Waals surface area contributed by atoms with Gasteiger partial charge >= 0.3 is 0 Å². The van der Waals surface area contributed by atoms with Crippen molar-refractivity contribution in [2.45, 2.75) is 13.5 Å². The molecule has 0 bridgehead atoms. The Morgan fingerprint density at radius 3 is 2.33 bits per heavy atom. The van der Waals surface area contributed by atoms with E-state index in [1.54, 1.807) is 6.92 Å². The molecule has 0 fully saturated rings. The van der Waals surface area contributed by atoms with Gasteiger partial charge in [-0.25, -0.2) is 8.78 Å². The van der Waals surface area contributed by atoms with Gasteiger partial charge in [-0.05, 0) is 24.6 Å². The molecule has 3 nitrogen and oxygen atoms in total. The smallest absolute Gasteiger partial charge is 0.193 e. The van der Waals surface area contributed by atoms with Gasteiger partial charge < -0.3 is 15.2 Å². The fourth-order valence-electron chi connectivity index (χ4n) is 1.05. The summed E-state index contributed by atoms with van der Waals surface area (Å²) in [5.74, 6) is -1.97. The third-order valence-electron chi connectivity index (χ3n) is 1.78. The molecule has 0 unspecified atom stereocenters. The van der Waals surface area contributed by atoms with E-state index < -0.39 is 17.4 Å². The lowest BCUT2D eigenvalue weighted by Crippen LogP contribution is -2.06. The lowest BCUT2D eigenvalue weighted by Gasteiger charge is -2.09. The van der Waals surface area contributed by atoms with Crippen molar-refractivity contribution in [3.63, 3.8) is 0 Å². The van der Waals surface area contributed by atoms with Crippen molar-refractivity contribution < 1.29 is 18.3 Å². The molecule has 0 saturated heterocycles. The van der Waals surface area contributed by atoms with Crippen molar-refractivity contribution in [3.8, 4) is 5.75 Å². The SMILES string of the molecule is CCOCOc1c(F)cc(CN)cc1F. The quantitative estimate of drug-likeness (QED) is 0.604. The molecular formula is C10H13F2NO2. The normalized spacial score (nSPS) is 10.4. The molecule has 1 rings (SSSR count). The highest BCUT2D eigenvalue weighted by molar-refractivity contribution is 5.31. The molecule has 1 aromatic rings. The van der Waals surface area contributed by atoms with Gasteiger partial charge in [0.25, 0.3) is 0 Å². The molecule has 0 aliphatic carbocycles. The largest absolute Gasteiger partial charge is 0.461 e. The Kier molecular flexibility index (Phi) is 4.45. The van der Waals surface area contributed by atoms with Gasteiger partial charge in [-0.2, -0.15) is 0 Å². The van der Waals surface area contributed by atoms with Crippen LogP contribution in [0.25, 0.3) is 0 Å². The van der Waals surface area contributed by atoms with Gasteiger partial charge in [-0.1, -0.05) is 0 Å². The van der Waals surface area contributed by atoms with E-state index in [1.807, 2.05) is 0 Å². The van der Waals surface area contributed by atoms with Crippen LogP contribution < -0.4 is 10.5 Å². The number of rotatable bonds is 5. The Labute approximate surface area is 86.8 Å². The first-order valence-corrected chi connectivity index (χ1v) is 4.57. The van der Waals surface area contributed by atoms with Crippen molar-refractivity contribution in [1.29, 1.82) is 0 Å². The summed E-state index contributed by atoms with van der Waals surface area (Å²) in [5, 5.41) is 0. The maximum absolute atomic E-state index is 13.2. The topological polar surface area (TPSA) is 44.5 Å². The molecule has 0 spiro atoms. The molecule has 0 saturated carbocycles. The van der Waals surface area contributed by atoms with Crippen molar-refractivity contribution in [3.05, 3.63) is 29.3 Å². The zero-order valence-corrected chi connectivity index (χ0v) is 8.43. The molecule has 0 aromatic heterocycles. The van der Waals surface area contributed by atoms with Gasteiger partial charge in [0.05, 0.1) is 0 Å². The number of nitrogens with two attached hydrogens (primary N) is 1. The van der Waals surface area contributed by atoms with Crippen LogP contribution in [0.3, 0.4) is 0 Å². The van der Waals surface area contributed by atoms with E-state index in [-0.39, 0.29) is 13.3 Å². The summed E-state index contributed by atoms with van der Waals surface area (Å²) in [5.41, 5.74) is 5.64. The van der Waals surface area contributed by atoms with E-state index in [1.165, 1.54) is 0 Å². The number of ether oxygens (including phenoxy) is 2. The van der Waals surface area contributed by atoms with Gasteiger partial charge in [0.1, 0.15) is 0 Å². The standard InChI is InChI=1S/C10H13F2NO2/c1-2-14-6-15-10-8(11)3-7(5-13)4-9(10)12/h3-4H,2,5-6,13H2,1H3. The molecule has 84 valence electrons. The fraction of sp³-hybridized carbons (Fsp3) is 0.400. The number of halogens is 2. The summed E-state index contributed by atoms with van der Waals surface area (Å²) in [7, 11) is 0. The molecule has 2 N–H and O–H groups in total. The predicted octanol–water partition coefficient (Wildman–Crippen LogP) is 1.80. The van der Waals surface area contributed by atoms with Crippen LogP contribution in [0.5, 0.6) is 5.75 Å². The Balaban J connectivity index is 2.79. The van der Waals surface area contributed by atoms with Crippen LogP contribution in [-0.2, 0) is 11.3 Å². The first-order chi connectivity index (χ1) is 7.19. The van der Waals surface area contributed by atoms with Gasteiger partial charge in [0, 0.05) is 13.2 Å². The van der Waals surface area contributed by atoms with E-state index in [4.69, 9.17) is 15.2 Å². The monoisotopic (exact) mass is 217 g/mol. The van der Waals surface area contributed by atoms with E-state index in [0.29, 0.717) is 12.2 Å². The zero-order valence-electron chi connectivity index (χ0n) is 8.43. The summed E-state index contributed by atoms with van der Waals surface area (Å²) >= 11 is 0. The second-order valence-electron chi connectivity index (χ2n) is 2.85. The Morgan fingerprint density at radius 2 is 1.87 bits per heavy atom. The van der Waals surface area contributed by atoms with E-state index in [0.717, 1.165) is 12.1 Å². The molecule has 0 heterocycles. The van der Waals surface area contributed by atoms with E-state index in [2.05, 4.69) is 0 Å². The molecule has 0 radical (unpaired) electrons. The van der Waals surface area contributed by atoms with Crippen LogP contribution in [0, 0.1) is 11.6 Å². The summed E-state index contributed by atoms with van der Waals surface area (Å²) in [6, 6.07) is 2.29. The zero-order chi connectivity index (χ0) is 11.3. The minimum absolute atomic E-state index is 0.0829. The highest BCUT2D eigenvalue weighted by atomic mass is 19.1. The highest BCUT2D eigenvalue weighted by Gasteiger charge is 2.11. The van der Waals surface area contributed by atoms with Crippen LogP contribution in [0.4, 0.5) is 8.78 Å². The van der Waals surface area contributed by atoms with Gasteiger partial charge in [-0.15, -0.1) is 0 Å². The second kappa shape index (κ2) is 5.63. The van der Waals surface area contributed by atoms with Gasteiger partial charge in [-0.3, -0.25) is 0 Å². The number of benzene rings is 1. The lowest BCUT2D eigenvalue weighted by atomic mass is 10.2. The molecule has 5 heteroatoms. The molecule has 0 amide bonds. The molecule has 0 aliphatic rings. The molecule has 15 heavy (non-hydrogen) atoms. The van der Waals surface area contributed by atoms with Crippen LogP contribution in [0.15, 0.2) is 12.1 Å². The molecule has 1 aromatic carbocycles. The number of hydrogen-bond acceptors (Lipinski definition) is 3. The third-order valence-corrected chi connectivity index (χ3v) is 1.78. The molecular weight excluding hydrogens is 204 g/mol. The summed E-state index contributed by atoms with van der Waals surface area (Å²) in [6.07, 6.45) is 0. The van der Waals surface area contributed by atoms with E-state index >= 15 is 0 Å². The third kappa shape index (κ3) is 3.14. The average Bonchev–Trinajstić information content (AvgIpc) is 2.22. The van der Waals surface area contributed by atoms with E-state index in [9.17, 15) is 8.78 Å². The van der Waals surface area contributed by atoms with Crippen LogP contribution in [0.1, 0.15) is 12.5 Å². The average molecular weight is 217 g/mol. The summed E-state index contributed by atoms with van der Waals surface area (Å²) in [4.78, 5) is 0. The Morgan fingerprint density at radius 1 is 1.27 bits per heavy atom. The van der Waals surface area contributed by atoms with Crippen LogP contribution in [-0.4, -0.2) is 13.4 Å². The van der Waals surface area contributed by atoms with Crippen LogP contribution in [0.2, 0.25) is 0 Å². The van der Waals surface area contributed by atoms with Crippen molar-refractivity contribution in [2.24, 2.45) is 5.73 Å². The van der Waals surface area contributed by atoms with Crippen molar-refractivity contribution in [2.75, 3.05) is 13.4 Å². The Bertz CT molecular complexity index is 308. The summed E-state index contributed by atoms with van der Waals surface area (Å²) in [6.45, 7) is 2.09. The second-order valence-corrected chi connectivity index (χ2v) is 2.85. The maximum Gasteiger partial charge on any atom is 0.193 e. The van der Waals surface area contributed by atoms with Gasteiger partial charge in [0.15, 0.2) is 24.2 Å². The summed E-state index contributed by atoms with van der Waals surface area (Å²) < 4.78 is 36.1. The van der Waals surface area contributed by atoms with Crippen molar-refractivity contribution >= 4 is 0 Å². The molecule has 0 aliphatic heterocycles. The minimum Gasteiger partial charge on any atom is -0.461 e. The first kappa shape index (κ1) is 11.9. The first-order valence-electron chi connectivity index (χ1n) is 4.57. The number of hydrogen-bond donors (Lipinski definition) is 1. The fourth-order valence-corrected chi connectivity index (χ4v) is 1.05. The van der Waals surface area contributed by atoms with Gasteiger partial charge in [0.2, 0.25) is 0 Å².